The van der Waals surface area contributed by atoms with Crippen molar-refractivity contribution in [2.75, 3.05) is 18.4 Å². The molecule has 26 heavy (non-hydrogen) atoms. The smallest absolute Gasteiger partial charge is 0.255 e. The summed E-state index contributed by atoms with van der Waals surface area (Å²) in [6.45, 7) is 1.03. The quantitative estimate of drug-likeness (QED) is 0.898. The number of likely N-dealkylation sites (tertiary alicyclic amines) is 1. The molecule has 2 aromatic rings. The number of halogens is 1. The molecule has 5 nitrogen and oxygen atoms in total. The average Bonchev–Trinajstić information content (AvgIpc) is 2.68. The summed E-state index contributed by atoms with van der Waals surface area (Å²) in [5, 5.41) is 12.2. The van der Waals surface area contributed by atoms with Gasteiger partial charge in [-0.3, -0.25) is 9.59 Å². The largest absolute Gasteiger partial charge is 0.339 e. The minimum absolute atomic E-state index is 0.0788. The molecule has 1 heterocycles. The van der Waals surface area contributed by atoms with Crippen molar-refractivity contribution in [1.82, 2.24) is 4.90 Å². The fraction of sp³-hybridized carbons (Fsp3) is 0.250. The number of hydrogen-bond acceptors (Lipinski definition) is 3. The van der Waals surface area contributed by atoms with Gasteiger partial charge in [0.25, 0.3) is 5.91 Å². The molecule has 1 N–H and O–H groups in total. The lowest BCUT2D eigenvalue weighted by atomic mass is 9.95. The van der Waals surface area contributed by atoms with E-state index in [1.807, 2.05) is 0 Å². The highest BCUT2D eigenvalue weighted by Crippen LogP contribution is 2.23. The molecule has 0 radical (unpaired) electrons. The molecule has 0 saturated carbocycles. The predicted octanol–water partition coefficient (Wildman–Crippen LogP) is 3.70. The topological polar surface area (TPSA) is 73.2 Å². The molecule has 132 valence electrons. The van der Waals surface area contributed by atoms with Crippen LogP contribution in [0.3, 0.4) is 0 Å². The van der Waals surface area contributed by atoms with Crippen LogP contribution in [0.4, 0.5) is 5.69 Å². The first-order valence-corrected chi connectivity index (χ1v) is 8.81. The van der Waals surface area contributed by atoms with Gasteiger partial charge in [0, 0.05) is 24.7 Å². The second-order valence-corrected chi connectivity index (χ2v) is 6.64. The molecule has 6 heteroatoms. The highest BCUT2D eigenvalue weighted by atomic mass is 35.5. The van der Waals surface area contributed by atoms with Crippen LogP contribution in [0.25, 0.3) is 0 Å². The number of carbonyl (C=O) groups is 2. The summed E-state index contributed by atoms with van der Waals surface area (Å²) in [4.78, 5) is 26.8. The molecule has 0 aliphatic carbocycles. The third-order valence-electron chi connectivity index (χ3n) is 4.52. The van der Waals surface area contributed by atoms with Crippen molar-refractivity contribution in [3.05, 3.63) is 64.7 Å². The number of hydrogen-bond donors (Lipinski definition) is 1. The van der Waals surface area contributed by atoms with E-state index in [1.165, 1.54) is 0 Å². The van der Waals surface area contributed by atoms with Crippen molar-refractivity contribution < 1.29 is 9.59 Å². The van der Waals surface area contributed by atoms with Crippen LogP contribution in [-0.2, 0) is 4.79 Å². The molecule has 3 rings (SSSR count). The first kappa shape index (κ1) is 18.0. The number of carbonyl (C=O) groups excluding carboxylic acids is 2. The van der Waals surface area contributed by atoms with Crippen molar-refractivity contribution in [3.63, 3.8) is 0 Å². The number of nitriles is 1. The third kappa shape index (κ3) is 4.04. The van der Waals surface area contributed by atoms with Gasteiger partial charge in [-0.05, 0) is 43.2 Å². The number of piperidine rings is 1. The van der Waals surface area contributed by atoms with Crippen LogP contribution in [0.2, 0.25) is 5.02 Å². The summed E-state index contributed by atoms with van der Waals surface area (Å²) in [5.41, 5.74) is 1.61. The number of nitrogens with zero attached hydrogens (tertiary/aromatic N) is 2. The molecule has 2 aromatic carbocycles. The van der Waals surface area contributed by atoms with E-state index in [2.05, 4.69) is 11.4 Å². The third-order valence-corrected chi connectivity index (χ3v) is 4.85. The molecule has 1 saturated heterocycles. The lowest BCUT2D eigenvalue weighted by Crippen LogP contribution is -2.41. The van der Waals surface area contributed by atoms with Crippen molar-refractivity contribution in [2.45, 2.75) is 12.8 Å². The molecule has 0 atom stereocenters. The Labute approximate surface area is 157 Å². The van der Waals surface area contributed by atoms with Crippen LogP contribution >= 0.6 is 11.6 Å². The van der Waals surface area contributed by atoms with Gasteiger partial charge in [-0.2, -0.15) is 5.26 Å². The van der Waals surface area contributed by atoms with E-state index in [-0.39, 0.29) is 17.7 Å². The van der Waals surface area contributed by atoms with E-state index >= 15 is 0 Å². The van der Waals surface area contributed by atoms with Crippen molar-refractivity contribution in [2.24, 2.45) is 5.92 Å². The standard InChI is InChI=1S/C20H18ClN3O2/c21-18-7-2-1-6-17(18)20(26)24-10-8-15(9-11-24)19(25)23-16-5-3-4-14(12-16)13-22/h1-7,12,15H,8-11H2,(H,23,25). The van der Waals surface area contributed by atoms with Crippen LogP contribution in [0.15, 0.2) is 48.5 Å². The summed E-state index contributed by atoms with van der Waals surface area (Å²) in [6, 6.07) is 15.9. The minimum atomic E-state index is -0.156. The minimum Gasteiger partial charge on any atom is -0.339 e. The van der Waals surface area contributed by atoms with Crippen molar-refractivity contribution in [3.8, 4) is 6.07 Å². The number of anilines is 1. The van der Waals surface area contributed by atoms with Gasteiger partial charge in [-0.1, -0.05) is 29.8 Å². The average molecular weight is 368 g/mol. The second kappa shape index (κ2) is 8.03. The maximum Gasteiger partial charge on any atom is 0.255 e. The molecule has 0 bridgehead atoms. The van der Waals surface area contributed by atoms with E-state index in [9.17, 15) is 9.59 Å². The molecule has 1 aliphatic rings. The maximum absolute atomic E-state index is 12.6. The Kier molecular flexibility index (Phi) is 5.55. The van der Waals surface area contributed by atoms with Gasteiger partial charge in [0.05, 0.1) is 22.2 Å². The molecule has 1 fully saturated rings. The second-order valence-electron chi connectivity index (χ2n) is 6.23. The van der Waals surface area contributed by atoms with E-state index in [1.54, 1.807) is 53.4 Å². The van der Waals surface area contributed by atoms with Crippen LogP contribution < -0.4 is 5.32 Å². The van der Waals surface area contributed by atoms with Gasteiger partial charge < -0.3 is 10.2 Å². The summed E-state index contributed by atoms with van der Waals surface area (Å²) >= 11 is 6.10. The first-order chi connectivity index (χ1) is 12.6. The monoisotopic (exact) mass is 367 g/mol. The van der Waals surface area contributed by atoms with Crippen molar-refractivity contribution in [1.29, 1.82) is 5.26 Å². The zero-order chi connectivity index (χ0) is 18.5. The molecule has 0 spiro atoms. The molecule has 0 aromatic heterocycles. The van der Waals surface area contributed by atoms with Gasteiger partial charge in [0.1, 0.15) is 0 Å². The predicted molar refractivity (Wildman–Crippen MR) is 99.9 cm³/mol. The Morgan fingerprint density at radius 3 is 2.54 bits per heavy atom. The normalized spacial score (nSPS) is 14.5. The lowest BCUT2D eigenvalue weighted by molar-refractivity contribution is -0.121. The van der Waals surface area contributed by atoms with Gasteiger partial charge in [-0.25, -0.2) is 0 Å². The zero-order valence-electron chi connectivity index (χ0n) is 14.1. The Morgan fingerprint density at radius 2 is 1.85 bits per heavy atom. The highest BCUT2D eigenvalue weighted by Gasteiger charge is 2.28. The summed E-state index contributed by atoms with van der Waals surface area (Å²) < 4.78 is 0. The fourth-order valence-corrected chi connectivity index (χ4v) is 3.28. The Bertz CT molecular complexity index is 867. The Hall–Kier alpha value is -2.84. The van der Waals surface area contributed by atoms with Crippen LogP contribution in [0.5, 0.6) is 0 Å². The number of benzene rings is 2. The van der Waals surface area contributed by atoms with Gasteiger partial charge in [-0.15, -0.1) is 0 Å². The van der Waals surface area contributed by atoms with Crippen LogP contribution in [-0.4, -0.2) is 29.8 Å². The van der Waals surface area contributed by atoms with E-state index in [0.29, 0.717) is 47.8 Å². The summed E-state index contributed by atoms with van der Waals surface area (Å²) in [7, 11) is 0. The SMILES string of the molecule is N#Cc1cccc(NC(=O)C2CCN(C(=O)c3ccccc3Cl)CC2)c1. The first-order valence-electron chi connectivity index (χ1n) is 8.43. The molecule has 0 unspecified atom stereocenters. The van der Waals surface area contributed by atoms with E-state index in [0.717, 1.165) is 0 Å². The van der Waals surface area contributed by atoms with Gasteiger partial charge >= 0.3 is 0 Å². The number of amides is 2. The maximum atomic E-state index is 12.6. The number of rotatable bonds is 3. The molecule has 1 aliphatic heterocycles. The Morgan fingerprint density at radius 1 is 1.12 bits per heavy atom. The van der Waals surface area contributed by atoms with Crippen LogP contribution in [0.1, 0.15) is 28.8 Å². The molecular formula is C20H18ClN3O2. The summed E-state index contributed by atoms with van der Waals surface area (Å²) in [6.07, 6.45) is 1.19. The van der Waals surface area contributed by atoms with E-state index < -0.39 is 0 Å². The van der Waals surface area contributed by atoms with Crippen molar-refractivity contribution >= 4 is 29.1 Å². The summed E-state index contributed by atoms with van der Waals surface area (Å²) in [5.74, 6) is -0.336. The van der Waals surface area contributed by atoms with Crippen LogP contribution in [0, 0.1) is 17.2 Å². The fourth-order valence-electron chi connectivity index (χ4n) is 3.06. The van der Waals surface area contributed by atoms with E-state index in [4.69, 9.17) is 16.9 Å². The lowest BCUT2D eigenvalue weighted by Gasteiger charge is -2.31. The van der Waals surface area contributed by atoms with Gasteiger partial charge in [0.15, 0.2) is 0 Å². The highest BCUT2D eigenvalue weighted by molar-refractivity contribution is 6.33. The number of nitrogens with one attached hydrogen (secondary N) is 1. The Balaban J connectivity index is 1.58. The zero-order valence-corrected chi connectivity index (χ0v) is 14.9. The van der Waals surface area contributed by atoms with Gasteiger partial charge in [0.2, 0.25) is 5.91 Å². The molecule has 2 amide bonds. The molecular weight excluding hydrogens is 350 g/mol.